The molecule has 0 aliphatic heterocycles. The summed E-state index contributed by atoms with van der Waals surface area (Å²) in [5, 5.41) is 24.8. The maximum Gasteiger partial charge on any atom is 0.471 e. The van der Waals surface area contributed by atoms with Crippen LogP contribution in [0.15, 0.2) is 134 Å². The number of nitrogens with one attached hydrogen (secondary N) is 1. The van der Waals surface area contributed by atoms with Crippen LogP contribution in [0.1, 0.15) is 82.9 Å². The first kappa shape index (κ1) is 66.3. The predicted octanol–water partition coefficient (Wildman–Crippen LogP) is 17.5. The third-order valence-corrected chi connectivity index (χ3v) is 17.8. The number of benzene rings is 6. The molecule has 0 bridgehead atoms. The average molecular weight is 1350 g/mol. The molecule has 94 heavy (non-hydrogen) atoms. The first-order valence-corrected chi connectivity index (χ1v) is 32.0. The van der Waals surface area contributed by atoms with Crippen LogP contribution in [0.2, 0.25) is 10.0 Å². The van der Waals surface area contributed by atoms with Crippen LogP contribution >= 0.6 is 45.9 Å². The van der Waals surface area contributed by atoms with Crippen molar-refractivity contribution in [1.29, 1.82) is 0 Å². The van der Waals surface area contributed by atoms with Gasteiger partial charge in [-0.25, -0.2) is 29.5 Å². The summed E-state index contributed by atoms with van der Waals surface area (Å²) < 4.78 is 63.4. The van der Waals surface area contributed by atoms with E-state index in [1.165, 1.54) is 23.5 Å². The van der Waals surface area contributed by atoms with Crippen molar-refractivity contribution in [3.8, 4) is 66.2 Å². The molecule has 0 radical (unpaired) electrons. The van der Waals surface area contributed by atoms with Gasteiger partial charge in [0.25, 0.3) is 0 Å². The van der Waals surface area contributed by atoms with Crippen LogP contribution in [-0.2, 0) is 42.7 Å². The Morgan fingerprint density at radius 2 is 1.04 bits per heavy atom. The molecule has 0 unspecified atom stereocenters. The minimum absolute atomic E-state index is 0.0340. The van der Waals surface area contributed by atoms with Crippen molar-refractivity contribution in [2.24, 2.45) is 14.1 Å². The van der Waals surface area contributed by atoms with Gasteiger partial charge < -0.3 is 30.4 Å². The van der Waals surface area contributed by atoms with Crippen LogP contribution < -0.4 is 11.1 Å². The number of nitrogens with two attached hydrogens (primary N) is 1. The Morgan fingerprint density at radius 1 is 0.606 bits per heavy atom. The number of fused-ring (bicyclic) bond motifs is 4. The molecule has 0 saturated heterocycles. The largest absolute Gasteiger partial charge is 0.479 e. The third-order valence-electron chi connectivity index (χ3n) is 15.1. The number of aromatic nitrogens is 8. The van der Waals surface area contributed by atoms with E-state index in [0.29, 0.717) is 75.7 Å². The van der Waals surface area contributed by atoms with E-state index in [2.05, 4.69) is 16.3 Å². The highest BCUT2D eigenvalue weighted by atomic mass is 35.5. The minimum atomic E-state index is -5.14. The van der Waals surface area contributed by atoms with Crippen molar-refractivity contribution < 1.29 is 46.9 Å². The molecule has 482 valence electrons. The molecule has 0 fully saturated rings. The molecule has 0 aliphatic rings. The van der Waals surface area contributed by atoms with Gasteiger partial charge in [0, 0.05) is 68.3 Å². The molecular weight excluding hydrogens is 1280 g/mol. The zero-order valence-electron chi connectivity index (χ0n) is 52.8. The van der Waals surface area contributed by atoms with E-state index in [0.717, 1.165) is 71.3 Å². The zero-order valence-corrected chi connectivity index (χ0v) is 56.0. The van der Waals surface area contributed by atoms with Gasteiger partial charge in [0.2, 0.25) is 0 Å². The number of halogens is 5. The van der Waals surface area contributed by atoms with Crippen LogP contribution in [0.4, 0.5) is 24.5 Å². The van der Waals surface area contributed by atoms with Gasteiger partial charge in [-0.15, -0.1) is 22.7 Å². The van der Waals surface area contributed by atoms with Crippen LogP contribution in [0.25, 0.3) is 108 Å². The van der Waals surface area contributed by atoms with Crippen molar-refractivity contribution >= 4 is 117 Å². The lowest BCUT2D eigenvalue weighted by atomic mass is 9.91. The molecule has 17 nitrogen and oxygen atoms in total. The molecule has 0 saturated carbocycles. The molecule has 2 atom stereocenters. The number of alkyl halides is 3. The summed E-state index contributed by atoms with van der Waals surface area (Å²) in [6.45, 7) is 16.6. The van der Waals surface area contributed by atoms with Crippen LogP contribution in [0, 0.1) is 13.8 Å². The summed E-state index contributed by atoms with van der Waals surface area (Å²) in [4.78, 5) is 57.9. The average Bonchev–Trinajstić information content (AvgIpc) is 1.50. The van der Waals surface area contributed by atoms with Gasteiger partial charge in [-0.05, 0) is 169 Å². The molecule has 6 aromatic carbocycles. The van der Waals surface area contributed by atoms with Gasteiger partial charge in [0.1, 0.15) is 21.4 Å². The van der Waals surface area contributed by atoms with E-state index in [1.807, 2.05) is 146 Å². The SMILES string of the molecule is CCOC(=O)[C@@H](OC(C)(C)C)c1c(C)cc2nc(-c3nc(-c4ccc5c(cnn5C)c4)ccc3NC(=O)C(F)(F)F)sc2c1-c1ccc(Cl)cc1.Cc1cc2nc(-c3nc(-c4ccc5c(cnn5C)c4)ccc3N)sc2c(-c2ccc(Cl)cc2)c1[C@H](OC(C)(C)C)C(=O)O. The summed E-state index contributed by atoms with van der Waals surface area (Å²) in [7, 11) is 3.73. The van der Waals surface area contributed by atoms with E-state index in [-0.39, 0.29) is 23.0 Å². The fraction of sp³-hybridized carbons (Fsp3) is 0.243. The quantitative estimate of drug-likeness (QED) is 0.0862. The highest BCUT2D eigenvalue weighted by Crippen LogP contribution is 2.48. The predicted molar refractivity (Wildman–Crippen MR) is 366 cm³/mol. The summed E-state index contributed by atoms with van der Waals surface area (Å²) in [5.74, 6) is -3.79. The summed E-state index contributed by atoms with van der Waals surface area (Å²) in [6, 6.07) is 36.4. The summed E-state index contributed by atoms with van der Waals surface area (Å²) >= 11 is 15.1. The number of hydrogen-bond acceptors (Lipinski definition) is 15. The van der Waals surface area contributed by atoms with E-state index in [9.17, 15) is 32.7 Å². The molecule has 0 spiro atoms. The number of carboxylic acid groups (broad SMARTS) is 1. The Labute approximate surface area is 556 Å². The number of esters is 1. The fourth-order valence-electron chi connectivity index (χ4n) is 11.0. The van der Waals surface area contributed by atoms with Gasteiger partial charge in [-0.3, -0.25) is 14.2 Å². The summed E-state index contributed by atoms with van der Waals surface area (Å²) in [6.07, 6.45) is -3.93. The number of carboxylic acids is 1. The number of aliphatic carboxylic acids is 1. The lowest BCUT2D eigenvalue weighted by molar-refractivity contribution is -0.167. The lowest BCUT2D eigenvalue weighted by Crippen LogP contribution is -2.30. The number of ether oxygens (including phenoxy) is 3. The zero-order chi connectivity index (χ0) is 67.5. The normalized spacial score (nSPS) is 12.7. The van der Waals surface area contributed by atoms with Gasteiger partial charge in [-0.1, -0.05) is 59.6 Å². The van der Waals surface area contributed by atoms with Gasteiger partial charge in [0.05, 0.1) is 84.4 Å². The highest BCUT2D eigenvalue weighted by Gasteiger charge is 2.40. The van der Waals surface area contributed by atoms with E-state index in [1.54, 1.807) is 60.3 Å². The number of aryl methyl sites for hydroxylation is 4. The number of carbonyl (C=O) groups excluding carboxylic acids is 2. The smallest absolute Gasteiger partial charge is 0.471 e. The number of pyridine rings is 2. The second kappa shape index (κ2) is 26.0. The number of anilines is 2. The molecular formula is C70H63Cl2F3N10O7S2. The Bertz CT molecular complexity index is 4940. The molecule has 4 N–H and O–H groups in total. The van der Waals surface area contributed by atoms with Crippen molar-refractivity contribution in [1.82, 2.24) is 39.5 Å². The van der Waals surface area contributed by atoms with Crippen molar-refractivity contribution in [2.45, 2.75) is 91.9 Å². The number of amides is 1. The maximum absolute atomic E-state index is 13.5. The first-order valence-electron chi connectivity index (χ1n) is 29.6. The van der Waals surface area contributed by atoms with Crippen LogP contribution in [-0.4, -0.2) is 86.4 Å². The van der Waals surface area contributed by atoms with Gasteiger partial charge in [0.15, 0.2) is 12.2 Å². The third kappa shape index (κ3) is 13.9. The molecule has 0 aliphatic carbocycles. The van der Waals surface area contributed by atoms with E-state index in [4.69, 9.17) is 63.1 Å². The second-order valence-electron chi connectivity index (χ2n) is 24.3. The number of thiazole rings is 2. The van der Waals surface area contributed by atoms with Gasteiger partial charge >= 0.3 is 24.0 Å². The monoisotopic (exact) mass is 1350 g/mol. The van der Waals surface area contributed by atoms with E-state index >= 15 is 0 Å². The van der Waals surface area contributed by atoms with E-state index < -0.39 is 47.4 Å². The van der Waals surface area contributed by atoms with Crippen molar-refractivity contribution in [3.05, 3.63) is 166 Å². The Balaban J connectivity index is 0.000000194. The summed E-state index contributed by atoms with van der Waals surface area (Å²) in [5.41, 5.74) is 17.3. The molecule has 12 aromatic rings. The number of carbonyl (C=O) groups is 3. The topological polar surface area (TPSA) is 224 Å². The van der Waals surface area contributed by atoms with Gasteiger partial charge in [-0.2, -0.15) is 23.4 Å². The van der Waals surface area contributed by atoms with Crippen LogP contribution in [0.5, 0.6) is 0 Å². The van der Waals surface area contributed by atoms with Crippen molar-refractivity contribution in [3.63, 3.8) is 0 Å². The highest BCUT2D eigenvalue weighted by molar-refractivity contribution is 7.22. The standard InChI is InChI=1S/C37H33ClF3N5O4S.C33H30ClN5O3S/c1-7-49-34(47)31(50-36(3,4)5)28-19(2)16-26-32(29(28)20-8-11-23(38)12-9-20)51-33(44-26)30-25(45-35(48)37(39,40)41)14-13-24(43-30)21-10-15-27-22(17-21)18-42-46(27)6;1-17-14-24-30(27(18-6-9-21(34)10-7-18)26(17)29(32(40)41)42-33(2,3)4)43-31(38-24)28-22(35)11-12-23(37-28)19-8-13-25-20(15-19)16-36-39(25)5/h8-18,31H,7H2,1-6H3,(H,45,48);6-16,29H,35H2,1-5H3,(H,40,41)/t31-;29-/m00/s1. The number of nitrogen functional groups attached to an aromatic ring is 1. The Kier molecular flexibility index (Phi) is 18.3. The number of hydrogen-bond donors (Lipinski definition) is 3. The maximum atomic E-state index is 13.5. The number of nitrogens with zero attached hydrogens (tertiary/aromatic N) is 8. The Hall–Kier alpha value is -9.16. The first-order chi connectivity index (χ1) is 44.4. The molecule has 1 amide bonds. The fourth-order valence-corrected chi connectivity index (χ4v) is 13.5. The molecule has 12 rings (SSSR count). The lowest BCUT2D eigenvalue weighted by Gasteiger charge is -2.29. The number of rotatable bonds is 14. The molecule has 6 heterocycles. The minimum Gasteiger partial charge on any atom is -0.479 e. The van der Waals surface area contributed by atoms with Crippen LogP contribution in [0.3, 0.4) is 0 Å². The van der Waals surface area contributed by atoms with Crippen molar-refractivity contribution in [2.75, 3.05) is 17.7 Å². The Morgan fingerprint density at radius 3 is 1.50 bits per heavy atom. The molecule has 24 heteroatoms. The molecule has 6 aromatic heterocycles. The second-order valence-corrected chi connectivity index (χ2v) is 27.2.